The molecule has 0 saturated heterocycles. The van der Waals surface area contributed by atoms with Gasteiger partial charge in [0, 0.05) is 16.2 Å². The topological polar surface area (TPSA) is 82.3 Å². The molecular formula is C18H22ClF2IN4O2S. The molecule has 0 aliphatic heterocycles. The van der Waals surface area contributed by atoms with E-state index in [9.17, 15) is 17.2 Å². The van der Waals surface area contributed by atoms with Crippen LogP contribution in [-0.2, 0) is 10.2 Å². The molecule has 0 saturated carbocycles. The first-order valence-corrected chi connectivity index (χ1v) is 11.7. The molecular weight excluding hydrogens is 537 g/mol. The van der Waals surface area contributed by atoms with E-state index >= 15 is 0 Å². The predicted molar refractivity (Wildman–Crippen MR) is 122 cm³/mol. The molecule has 2 rings (SSSR count). The summed E-state index contributed by atoms with van der Waals surface area (Å²) in [4.78, 5) is 0. The highest BCUT2D eigenvalue weighted by Crippen LogP contribution is 2.34. The molecule has 29 heavy (non-hydrogen) atoms. The van der Waals surface area contributed by atoms with Crippen molar-refractivity contribution < 1.29 is 17.2 Å². The second-order valence-corrected chi connectivity index (χ2v) is 9.65. The average molecular weight is 559 g/mol. The number of benzene rings is 2. The van der Waals surface area contributed by atoms with E-state index in [1.807, 2.05) is 13.8 Å². The Hall–Kier alpha value is -1.21. The first-order chi connectivity index (χ1) is 13.6. The van der Waals surface area contributed by atoms with Crippen LogP contribution in [0.15, 0.2) is 30.3 Å². The van der Waals surface area contributed by atoms with Crippen LogP contribution in [0.2, 0.25) is 5.02 Å². The van der Waals surface area contributed by atoms with Crippen LogP contribution < -0.4 is 20.1 Å². The van der Waals surface area contributed by atoms with Gasteiger partial charge in [0.15, 0.2) is 11.6 Å². The van der Waals surface area contributed by atoms with E-state index in [1.165, 1.54) is 0 Å². The molecule has 2 aromatic rings. The maximum absolute atomic E-state index is 14.4. The Bertz CT molecular complexity index is 961. The third-order valence-corrected chi connectivity index (χ3v) is 5.78. The van der Waals surface area contributed by atoms with Gasteiger partial charge in [-0.05, 0) is 65.9 Å². The van der Waals surface area contributed by atoms with Gasteiger partial charge in [-0.25, -0.2) is 8.78 Å². The molecule has 0 amide bonds. The molecule has 0 aromatic heterocycles. The summed E-state index contributed by atoms with van der Waals surface area (Å²) in [5.41, 5.74) is -0.198. The summed E-state index contributed by atoms with van der Waals surface area (Å²) in [7, 11) is -3.99. The second-order valence-electron chi connectivity index (χ2n) is 6.50. The van der Waals surface area contributed by atoms with E-state index in [1.54, 1.807) is 18.2 Å². The molecule has 0 bridgehead atoms. The third kappa shape index (κ3) is 7.52. The van der Waals surface area contributed by atoms with Crippen molar-refractivity contribution in [2.75, 3.05) is 23.1 Å². The summed E-state index contributed by atoms with van der Waals surface area (Å²) >= 11 is 8.20. The Kier molecular flexibility index (Phi) is 8.89. The van der Waals surface area contributed by atoms with E-state index in [2.05, 4.69) is 42.7 Å². The molecule has 0 spiro atoms. The van der Waals surface area contributed by atoms with E-state index in [4.69, 9.17) is 11.6 Å². The van der Waals surface area contributed by atoms with Crippen LogP contribution in [0.5, 0.6) is 0 Å². The molecule has 0 radical (unpaired) electrons. The van der Waals surface area contributed by atoms with E-state index in [0.717, 1.165) is 15.7 Å². The Morgan fingerprint density at radius 3 is 2.45 bits per heavy atom. The van der Waals surface area contributed by atoms with Crippen LogP contribution in [0.25, 0.3) is 0 Å². The predicted octanol–water partition coefficient (Wildman–Crippen LogP) is 4.60. The SMILES string of the molecule is CC(C)NCCCNS(=O)(=O)Nc1ccc(F)c(F)c1Nc1ccc(I)cc1Cl. The molecule has 0 unspecified atom stereocenters. The Balaban J connectivity index is 2.17. The van der Waals surface area contributed by atoms with E-state index < -0.39 is 21.8 Å². The molecule has 0 aliphatic carbocycles. The summed E-state index contributed by atoms with van der Waals surface area (Å²) in [6.45, 7) is 4.81. The standard InChI is InChI=1S/C18H22ClF2IN4O2S/c1-11(2)23-8-3-9-24-29(27,28)26-16-7-5-14(20)17(21)18(16)25-15-6-4-12(22)10-13(15)19/h4-7,10-11,23-26H,3,8-9H2,1-2H3. The number of hydrogen-bond acceptors (Lipinski definition) is 4. The van der Waals surface area contributed by atoms with Gasteiger partial charge in [-0.3, -0.25) is 4.72 Å². The maximum atomic E-state index is 14.4. The van der Waals surface area contributed by atoms with Gasteiger partial charge in [0.05, 0.1) is 16.4 Å². The zero-order chi connectivity index (χ0) is 21.6. The highest BCUT2D eigenvalue weighted by atomic mass is 127. The summed E-state index contributed by atoms with van der Waals surface area (Å²) in [6.07, 6.45) is 0.570. The average Bonchev–Trinajstić information content (AvgIpc) is 2.62. The molecule has 0 atom stereocenters. The van der Waals surface area contributed by atoms with Crippen LogP contribution >= 0.6 is 34.2 Å². The lowest BCUT2D eigenvalue weighted by atomic mass is 10.2. The molecule has 4 N–H and O–H groups in total. The Morgan fingerprint density at radius 2 is 1.79 bits per heavy atom. The fourth-order valence-corrected chi connectivity index (χ4v) is 4.20. The lowest BCUT2D eigenvalue weighted by Crippen LogP contribution is -2.33. The normalized spacial score (nSPS) is 11.7. The van der Waals surface area contributed by atoms with Gasteiger partial charge >= 0.3 is 0 Å². The summed E-state index contributed by atoms with van der Waals surface area (Å²) in [5.74, 6) is -2.34. The first kappa shape index (κ1) is 24.1. The molecule has 0 fully saturated rings. The largest absolute Gasteiger partial charge is 0.350 e. The van der Waals surface area contributed by atoms with Crippen molar-refractivity contribution in [1.82, 2.24) is 10.0 Å². The molecule has 0 heterocycles. The fourth-order valence-electron chi connectivity index (χ4n) is 2.35. The lowest BCUT2D eigenvalue weighted by molar-refractivity contribution is 0.512. The molecule has 6 nitrogen and oxygen atoms in total. The van der Waals surface area contributed by atoms with Crippen molar-refractivity contribution in [2.24, 2.45) is 0 Å². The zero-order valence-electron chi connectivity index (χ0n) is 15.8. The van der Waals surface area contributed by atoms with Crippen LogP contribution in [0.3, 0.4) is 0 Å². The van der Waals surface area contributed by atoms with Crippen LogP contribution in [0.4, 0.5) is 25.8 Å². The molecule has 160 valence electrons. The fraction of sp³-hybridized carbons (Fsp3) is 0.333. The number of anilines is 3. The van der Waals surface area contributed by atoms with Gasteiger partial charge < -0.3 is 10.6 Å². The minimum absolute atomic E-state index is 0.147. The summed E-state index contributed by atoms with van der Waals surface area (Å²) in [5, 5.41) is 6.13. The highest BCUT2D eigenvalue weighted by molar-refractivity contribution is 14.1. The summed E-state index contributed by atoms with van der Waals surface area (Å²) < 4.78 is 58.2. The minimum atomic E-state index is -3.99. The number of hydrogen-bond donors (Lipinski definition) is 4. The van der Waals surface area contributed by atoms with Gasteiger partial charge in [-0.1, -0.05) is 25.4 Å². The highest BCUT2D eigenvalue weighted by Gasteiger charge is 2.19. The van der Waals surface area contributed by atoms with Crippen LogP contribution in [-0.4, -0.2) is 27.5 Å². The van der Waals surface area contributed by atoms with Crippen LogP contribution in [0, 0.1) is 15.2 Å². The van der Waals surface area contributed by atoms with Gasteiger partial charge in [-0.2, -0.15) is 13.1 Å². The first-order valence-electron chi connectivity index (χ1n) is 8.80. The number of nitrogens with one attached hydrogen (secondary N) is 4. The summed E-state index contributed by atoms with van der Waals surface area (Å²) in [6, 6.07) is 7.24. The molecule has 0 aliphatic rings. The quantitative estimate of drug-likeness (QED) is 0.254. The third-order valence-electron chi connectivity index (χ3n) is 3.73. The molecule has 2 aromatic carbocycles. The van der Waals surface area contributed by atoms with E-state index in [-0.39, 0.29) is 22.9 Å². The van der Waals surface area contributed by atoms with Gasteiger partial charge in [-0.15, -0.1) is 0 Å². The maximum Gasteiger partial charge on any atom is 0.299 e. The van der Waals surface area contributed by atoms with Crippen molar-refractivity contribution in [3.8, 4) is 0 Å². The van der Waals surface area contributed by atoms with Crippen molar-refractivity contribution in [2.45, 2.75) is 26.3 Å². The Labute approximate surface area is 188 Å². The smallest absolute Gasteiger partial charge is 0.299 e. The van der Waals surface area contributed by atoms with Crippen molar-refractivity contribution >= 4 is 61.5 Å². The van der Waals surface area contributed by atoms with Crippen molar-refractivity contribution in [1.29, 1.82) is 0 Å². The lowest BCUT2D eigenvalue weighted by Gasteiger charge is -2.17. The number of halogens is 4. The second kappa shape index (κ2) is 10.7. The zero-order valence-corrected chi connectivity index (χ0v) is 19.6. The number of rotatable bonds is 10. The Morgan fingerprint density at radius 1 is 1.10 bits per heavy atom. The van der Waals surface area contributed by atoms with Crippen molar-refractivity contribution in [3.63, 3.8) is 0 Å². The van der Waals surface area contributed by atoms with Crippen LogP contribution in [0.1, 0.15) is 20.3 Å². The van der Waals surface area contributed by atoms with Crippen molar-refractivity contribution in [3.05, 3.63) is 50.6 Å². The minimum Gasteiger partial charge on any atom is -0.350 e. The molecule has 11 heteroatoms. The van der Waals surface area contributed by atoms with Gasteiger partial charge in [0.25, 0.3) is 10.2 Å². The van der Waals surface area contributed by atoms with Gasteiger partial charge in [0.2, 0.25) is 0 Å². The van der Waals surface area contributed by atoms with E-state index in [0.29, 0.717) is 24.7 Å². The van der Waals surface area contributed by atoms with Gasteiger partial charge in [0.1, 0.15) is 5.69 Å². The monoisotopic (exact) mass is 558 g/mol.